The van der Waals surface area contributed by atoms with Crippen molar-refractivity contribution < 1.29 is 22.4 Å². The van der Waals surface area contributed by atoms with Crippen LogP contribution in [0.5, 0.6) is 0 Å². The quantitative estimate of drug-likeness (QED) is 0.507. The van der Waals surface area contributed by atoms with Gasteiger partial charge in [0.1, 0.15) is 0 Å². The van der Waals surface area contributed by atoms with E-state index in [0.717, 1.165) is 5.56 Å². The first kappa shape index (κ1) is 22.3. The predicted octanol–water partition coefficient (Wildman–Crippen LogP) is 3.41. The molecule has 0 saturated carbocycles. The third kappa shape index (κ3) is 5.60. The molecule has 0 aliphatic carbocycles. The molecule has 0 atom stereocenters. The minimum atomic E-state index is -3.63. The van der Waals surface area contributed by atoms with Gasteiger partial charge in [-0.3, -0.25) is 4.79 Å². The molecule has 0 fully saturated rings. The lowest BCUT2D eigenvalue weighted by atomic mass is 10.1. The van der Waals surface area contributed by atoms with E-state index >= 15 is 0 Å². The Kier molecular flexibility index (Phi) is 7.23. The highest BCUT2D eigenvalue weighted by atomic mass is 32.2. The van der Waals surface area contributed by atoms with E-state index in [1.54, 1.807) is 42.5 Å². The van der Waals surface area contributed by atoms with Crippen LogP contribution in [0, 0.1) is 11.3 Å². The third-order valence-corrected chi connectivity index (χ3v) is 6.38. The molecule has 0 aliphatic rings. The Morgan fingerprint density at radius 2 is 1.81 bits per heavy atom. The summed E-state index contributed by atoms with van der Waals surface area (Å²) in [5.41, 5.74) is 1.66. The van der Waals surface area contributed by atoms with Gasteiger partial charge < -0.3 is 14.1 Å². The maximum Gasteiger partial charge on any atom is 0.290 e. The smallest absolute Gasteiger partial charge is 0.290 e. The summed E-state index contributed by atoms with van der Waals surface area (Å²) in [5.74, 6) is -0.780. The number of methoxy groups -OCH3 is 1. The zero-order chi connectivity index (χ0) is 22.3. The van der Waals surface area contributed by atoms with Gasteiger partial charge >= 0.3 is 0 Å². The van der Waals surface area contributed by atoms with Gasteiger partial charge in [-0.1, -0.05) is 30.3 Å². The lowest BCUT2D eigenvalue weighted by Gasteiger charge is -2.22. The van der Waals surface area contributed by atoms with E-state index in [0.29, 0.717) is 24.3 Å². The van der Waals surface area contributed by atoms with E-state index in [9.17, 15) is 13.2 Å². The number of ether oxygens (including phenoxy) is 1. The highest BCUT2D eigenvalue weighted by molar-refractivity contribution is 7.90. The number of rotatable bonds is 9. The van der Waals surface area contributed by atoms with Crippen molar-refractivity contribution in [3.8, 4) is 6.07 Å². The van der Waals surface area contributed by atoms with Gasteiger partial charge in [-0.05, 0) is 35.9 Å². The van der Waals surface area contributed by atoms with Crippen LogP contribution in [0.25, 0.3) is 0 Å². The molecule has 0 bridgehead atoms. The Morgan fingerprint density at radius 1 is 1.10 bits per heavy atom. The van der Waals surface area contributed by atoms with Crippen molar-refractivity contribution in [2.75, 3.05) is 20.3 Å². The van der Waals surface area contributed by atoms with Crippen LogP contribution in [0.4, 0.5) is 0 Å². The van der Waals surface area contributed by atoms with Crippen LogP contribution in [0.3, 0.4) is 0 Å². The fourth-order valence-corrected chi connectivity index (χ4v) is 4.43. The molecule has 0 radical (unpaired) electrons. The van der Waals surface area contributed by atoms with Crippen LogP contribution in [0.1, 0.15) is 27.2 Å². The van der Waals surface area contributed by atoms with Crippen molar-refractivity contribution in [1.82, 2.24) is 4.90 Å². The monoisotopic (exact) mass is 438 g/mol. The molecule has 7 nitrogen and oxygen atoms in total. The molecule has 0 aliphatic heterocycles. The number of benzene rings is 2. The summed E-state index contributed by atoms with van der Waals surface area (Å²) in [4.78, 5) is 14.9. The minimum Gasteiger partial charge on any atom is -0.459 e. The number of nitrogens with zero attached hydrogens (tertiary/aromatic N) is 2. The zero-order valence-electron chi connectivity index (χ0n) is 17.0. The molecule has 3 aromatic rings. The Morgan fingerprint density at radius 3 is 2.45 bits per heavy atom. The standard InChI is InChI=1S/C23H22N2O5S/c1-29-14-12-25(16-19-9-7-18(15-24)8-10-19)23(26)22-20(11-13-30-22)17-31(27,28)21-5-3-2-4-6-21/h2-11,13H,12,14,16-17H2,1H3. The number of hydrogen-bond donors (Lipinski definition) is 0. The summed E-state index contributed by atoms with van der Waals surface area (Å²) in [6, 6.07) is 18.5. The van der Waals surface area contributed by atoms with Gasteiger partial charge in [0.2, 0.25) is 0 Å². The molecule has 1 amide bonds. The second-order valence-corrected chi connectivity index (χ2v) is 8.86. The first-order valence-electron chi connectivity index (χ1n) is 9.56. The van der Waals surface area contributed by atoms with Crippen molar-refractivity contribution >= 4 is 15.7 Å². The van der Waals surface area contributed by atoms with Crippen LogP contribution in [-0.2, 0) is 26.9 Å². The van der Waals surface area contributed by atoms with Crippen LogP contribution in [0.2, 0.25) is 0 Å². The van der Waals surface area contributed by atoms with Gasteiger partial charge in [-0.25, -0.2) is 8.42 Å². The number of sulfone groups is 1. The molecule has 0 spiro atoms. The Bertz CT molecular complexity index is 1160. The van der Waals surface area contributed by atoms with Gasteiger partial charge in [0, 0.05) is 25.8 Å². The number of hydrogen-bond acceptors (Lipinski definition) is 6. The lowest BCUT2D eigenvalue weighted by molar-refractivity contribution is 0.0648. The molecule has 0 N–H and O–H groups in total. The zero-order valence-corrected chi connectivity index (χ0v) is 17.8. The first-order valence-corrected chi connectivity index (χ1v) is 11.2. The molecule has 3 rings (SSSR count). The molecule has 1 heterocycles. The summed E-state index contributed by atoms with van der Waals surface area (Å²) >= 11 is 0. The number of amides is 1. The minimum absolute atomic E-state index is 0.00995. The predicted molar refractivity (Wildman–Crippen MR) is 114 cm³/mol. The molecule has 160 valence electrons. The van der Waals surface area contributed by atoms with Gasteiger partial charge in [0.05, 0.1) is 35.2 Å². The number of carbonyl (C=O) groups is 1. The third-order valence-electron chi connectivity index (χ3n) is 4.70. The van der Waals surface area contributed by atoms with E-state index < -0.39 is 15.7 Å². The van der Waals surface area contributed by atoms with Crippen molar-refractivity contribution in [3.63, 3.8) is 0 Å². The van der Waals surface area contributed by atoms with Gasteiger partial charge in [0.15, 0.2) is 15.6 Å². The molecular formula is C23H22N2O5S. The summed E-state index contributed by atoms with van der Waals surface area (Å²) in [5, 5.41) is 8.95. The van der Waals surface area contributed by atoms with Crippen LogP contribution in [-0.4, -0.2) is 39.5 Å². The molecule has 8 heteroatoms. The molecular weight excluding hydrogens is 416 g/mol. The Labute approximate surface area is 181 Å². The highest BCUT2D eigenvalue weighted by Gasteiger charge is 2.26. The SMILES string of the molecule is COCCN(Cc1ccc(C#N)cc1)C(=O)c1occc1CS(=O)(=O)c1ccccc1. The largest absolute Gasteiger partial charge is 0.459 e. The van der Waals surface area contributed by atoms with Crippen LogP contribution >= 0.6 is 0 Å². The molecule has 0 saturated heterocycles. The van der Waals surface area contributed by atoms with Crippen molar-refractivity contribution in [3.05, 3.63) is 89.4 Å². The van der Waals surface area contributed by atoms with Crippen LogP contribution in [0.15, 0.2) is 76.2 Å². The summed E-state index contributed by atoms with van der Waals surface area (Å²) in [6.07, 6.45) is 1.32. The first-order chi connectivity index (χ1) is 14.9. The van der Waals surface area contributed by atoms with E-state index in [-0.39, 0.29) is 23.0 Å². The molecule has 2 aromatic carbocycles. The number of carbonyl (C=O) groups excluding carboxylic acids is 1. The molecule has 31 heavy (non-hydrogen) atoms. The number of furan rings is 1. The van der Waals surface area contributed by atoms with E-state index in [2.05, 4.69) is 6.07 Å². The average Bonchev–Trinajstić information content (AvgIpc) is 3.24. The normalized spacial score (nSPS) is 11.1. The van der Waals surface area contributed by atoms with E-state index in [1.165, 1.54) is 36.5 Å². The average molecular weight is 439 g/mol. The maximum absolute atomic E-state index is 13.2. The second kappa shape index (κ2) is 10.1. The van der Waals surface area contributed by atoms with Gasteiger partial charge in [-0.2, -0.15) is 5.26 Å². The lowest BCUT2D eigenvalue weighted by Crippen LogP contribution is -2.34. The van der Waals surface area contributed by atoms with Crippen LogP contribution < -0.4 is 0 Å². The summed E-state index contributed by atoms with van der Waals surface area (Å²) in [6.45, 7) is 0.862. The Hall–Kier alpha value is -3.41. The molecule has 0 unspecified atom stereocenters. The van der Waals surface area contributed by atoms with Crippen molar-refractivity contribution in [2.45, 2.75) is 17.2 Å². The summed E-state index contributed by atoms with van der Waals surface area (Å²) < 4.78 is 36.0. The fourth-order valence-electron chi connectivity index (χ4n) is 3.06. The topological polar surface area (TPSA) is 101 Å². The van der Waals surface area contributed by atoms with Crippen molar-refractivity contribution in [2.24, 2.45) is 0 Å². The maximum atomic E-state index is 13.2. The van der Waals surface area contributed by atoms with Gasteiger partial charge in [0.25, 0.3) is 5.91 Å². The molecule has 1 aromatic heterocycles. The second-order valence-electron chi connectivity index (χ2n) is 6.88. The Balaban J connectivity index is 1.83. The van der Waals surface area contributed by atoms with E-state index in [4.69, 9.17) is 14.4 Å². The number of nitriles is 1. The fraction of sp³-hybridized carbons (Fsp3) is 0.217. The van der Waals surface area contributed by atoms with E-state index in [1.807, 2.05) is 0 Å². The summed E-state index contributed by atoms with van der Waals surface area (Å²) in [7, 11) is -2.10. The highest BCUT2D eigenvalue weighted by Crippen LogP contribution is 2.22. The van der Waals surface area contributed by atoms with Gasteiger partial charge in [-0.15, -0.1) is 0 Å². The van der Waals surface area contributed by atoms with Crippen molar-refractivity contribution in [1.29, 1.82) is 5.26 Å².